The summed E-state index contributed by atoms with van der Waals surface area (Å²) in [5.41, 5.74) is 0.859. The lowest BCUT2D eigenvalue weighted by Crippen LogP contribution is -2.50. The summed E-state index contributed by atoms with van der Waals surface area (Å²) in [6.45, 7) is 6.51. The molecule has 2 aromatic rings. The largest absolute Gasteiger partial charge is 0.406 e. The molecule has 2 aliphatic rings. The Bertz CT molecular complexity index is 1230. The van der Waals surface area contributed by atoms with Crippen LogP contribution in [0.4, 0.5) is 23.2 Å². The van der Waals surface area contributed by atoms with E-state index in [2.05, 4.69) is 15.7 Å². The van der Waals surface area contributed by atoms with Gasteiger partial charge in [-0.15, -0.1) is 0 Å². The maximum atomic E-state index is 15.1. The molecular weight excluding hydrogens is 542 g/mol. The van der Waals surface area contributed by atoms with E-state index < -0.39 is 48.7 Å². The molecule has 1 unspecified atom stereocenters. The molecule has 2 N–H and O–H groups in total. The van der Waals surface area contributed by atoms with Gasteiger partial charge in [-0.1, -0.05) is 13.8 Å². The predicted octanol–water partition coefficient (Wildman–Crippen LogP) is 5.11. The van der Waals surface area contributed by atoms with Crippen LogP contribution in [0.2, 0.25) is 0 Å². The maximum Gasteiger partial charge on any atom is 0.406 e. The average Bonchev–Trinajstić information content (AvgIpc) is 3.86. The van der Waals surface area contributed by atoms with Crippen LogP contribution in [-0.2, 0) is 22.6 Å². The van der Waals surface area contributed by atoms with Crippen molar-refractivity contribution < 1.29 is 31.9 Å². The van der Waals surface area contributed by atoms with Gasteiger partial charge in [-0.2, -0.15) is 18.3 Å². The first-order valence-corrected chi connectivity index (χ1v) is 14.1. The number of nitrogens with one attached hydrogen (secondary N) is 2. The molecular formula is C29H39F4N5O3. The molecule has 0 aliphatic heterocycles. The van der Waals surface area contributed by atoms with Crippen LogP contribution in [-0.4, -0.2) is 58.2 Å². The van der Waals surface area contributed by atoms with Crippen LogP contribution in [0, 0.1) is 30.5 Å². The molecule has 0 spiro atoms. The van der Waals surface area contributed by atoms with Crippen molar-refractivity contribution in [3.63, 3.8) is 0 Å². The van der Waals surface area contributed by atoms with E-state index in [0.717, 1.165) is 38.8 Å². The molecule has 4 rings (SSSR count). The number of rotatable bonds is 11. The standard InChI is InChI=1S/C27H33F4N5O3.C2H6/c1-4-36-21(9-10-32-36)25(38)34-24(23(16-5-6-16)17-7-8-17)26(39)33-20-11-15(2)18(12-19(20)28)13-22(37)35(3)14-27(29,30)31;1-2/h9-12,16-17,23-24H,4-8,13-14H2,1-3H3,(H,33,39)(H,34,38);1-2H3. The lowest BCUT2D eigenvalue weighted by Gasteiger charge is -2.28. The second-order valence-corrected chi connectivity index (χ2v) is 10.5. The molecule has 0 bridgehead atoms. The van der Waals surface area contributed by atoms with Crippen molar-refractivity contribution >= 4 is 23.4 Å². The Morgan fingerprint density at radius 2 is 1.73 bits per heavy atom. The number of anilines is 1. The molecule has 2 saturated carbocycles. The van der Waals surface area contributed by atoms with Gasteiger partial charge in [0.15, 0.2) is 0 Å². The molecule has 1 aromatic carbocycles. The molecule has 0 radical (unpaired) electrons. The Balaban J connectivity index is 0.00000226. The molecule has 12 heteroatoms. The molecule has 1 atom stereocenters. The highest BCUT2D eigenvalue weighted by atomic mass is 19.4. The second kappa shape index (κ2) is 13.5. The number of halogens is 4. The fraction of sp³-hybridized carbons (Fsp3) is 0.586. The second-order valence-electron chi connectivity index (χ2n) is 10.5. The topological polar surface area (TPSA) is 96.3 Å². The Morgan fingerprint density at radius 1 is 1.12 bits per heavy atom. The van der Waals surface area contributed by atoms with Crippen molar-refractivity contribution in [3.8, 4) is 0 Å². The minimum Gasteiger partial charge on any atom is -0.339 e. The molecule has 0 saturated heterocycles. The number of aryl methyl sites for hydroxylation is 2. The summed E-state index contributed by atoms with van der Waals surface area (Å²) in [5.74, 6) is -2.07. The van der Waals surface area contributed by atoms with Crippen molar-refractivity contribution in [1.82, 2.24) is 20.0 Å². The average molecular weight is 582 g/mol. The number of aromatic nitrogens is 2. The Morgan fingerprint density at radius 3 is 2.27 bits per heavy atom. The molecule has 41 heavy (non-hydrogen) atoms. The predicted molar refractivity (Wildman–Crippen MR) is 147 cm³/mol. The SMILES string of the molecule is CC.CCn1nccc1C(=O)NC(C(=O)Nc1cc(C)c(CC(=O)N(C)CC(F)(F)F)cc1F)C(C1CC1)C1CC1. The zero-order valence-electron chi connectivity index (χ0n) is 24.1. The Labute approximate surface area is 237 Å². The molecule has 2 aliphatic carbocycles. The lowest BCUT2D eigenvalue weighted by atomic mass is 9.88. The van der Waals surface area contributed by atoms with Crippen molar-refractivity contribution in [2.24, 2.45) is 17.8 Å². The number of alkyl halides is 3. The first-order chi connectivity index (χ1) is 19.4. The number of carbonyl (C=O) groups excluding carboxylic acids is 3. The van der Waals surface area contributed by atoms with Gasteiger partial charge >= 0.3 is 6.18 Å². The van der Waals surface area contributed by atoms with Gasteiger partial charge in [0.05, 0.1) is 12.1 Å². The third-order valence-corrected chi connectivity index (χ3v) is 7.40. The first-order valence-electron chi connectivity index (χ1n) is 14.1. The van der Waals surface area contributed by atoms with Gasteiger partial charge in [0.1, 0.15) is 24.1 Å². The number of amides is 3. The van der Waals surface area contributed by atoms with E-state index in [4.69, 9.17) is 0 Å². The van der Waals surface area contributed by atoms with Crippen LogP contribution in [0.1, 0.15) is 68.1 Å². The molecule has 1 aromatic heterocycles. The Kier molecular flexibility index (Phi) is 10.5. The van der Waals surface area contributed by atoms with Crippen molar-refractivity contribution in [2.75, 3.05) is 18.9 Å². The van der Waals surface area contributed by atoms with E-state index in [9.17, 15) is 27.6 Å². The summed E-state index contributed by atoms with van der Waals surface area (Å²) in [6, 6.07) is 3.10. The molecule has 3 amide bonds. The van der Waals surface area contributed by atoms with E-state index >= 15 is 4.39 Å². The van der Waals surface area contributed by atoms with Gasteiger partial charge in [-0.3, -0.25) is 19.1 Å². The van der Waals surface area contributed by atoms with E-state index in [1.165, 1.54) is 16.9 Å². The third-order valence-electron chi connectivity index (χ3n) is 7.40. The van der Waals surface area contributed by atoms with Gasteiger partial charge in [-0.25, -0.2) is 4.39 Å². The summed E-state index contributed by atoms with van der Waals surface area (Å²) < 4.78 is 54.5. The van der Waals surface area contributed by atoms with Gasteiger partial charge < -0.3 is 15.5 Å². The zero-order valence-corrected chi connectivity index (χ0v) is 24.1. The highest BCUT2D eigenvalue weighted by Crippen LogP contribution is 2.51. The zero-order chi connectivity index (χ0) is 30.5. The van der Waals surface area contributed by atoms with Crippen LogP contribution in [0.25, 0.3) is 0 Å². The van der Waals surface area contributed by atoms with Gasteiger partial charge in [0, 0.05) is 19.8 Å². The number of carbonyl (C=O) groups is 3. The van der Waals surface area contributed by atoms with Crippen molar-refractivity contribution in [3.05, 3.63) is 47.0 Å². The van der Waals surface area contributed by atoms with E-state index in [1.807, 2.05) is 20.8 Å². The third kappa shape index (κ3) is 8.53. The van der Waals surface area contributed by atoms with Crippen LogP contribution in [0.5, 0.6) is 0 Å². The number of nitrogens with zero attached hydrogens (tertiary/aromatic N) is 3. The number of likely N-dealkylation sites (N-methyl/N-ethyl adjacent to an activating group) is 1. The normalized spacial score (nSPS) is 15.6. The smallest absolute Gasteiger partial charge is 0.339 e. The highest BCUT2D eigenvalue weighted by Gasteiger charge is 2.48. The van der Waals surface area contributed by atoms with Crippen LogP contribution >= 0.6 is 0 Å². The van der Waals surface area contributed by atoms with E-state index in [1.54, 1.807) is 13.0 Å². The molecule has 2 fully saturated rings. The summed E-state index contributed by atoms with van der Waals surface area (Å²) in [5, 5.41) is 9.62. The van der Waals surface area contributed by atoms with E-state index in [-0.39, 0.29) is 17.2 Å². The van der Waals surface area contributed by atoms with Gasteiger partial charge in [-0.05, 0) is 86.6 Å². The first kappa shape index (κ1) is 32.1. The quantitative estimate of drug-likeness (QED) is 0.361. The minimum atomic E-state index is -4.54. The van der Waals surface area contributed by atoms with Crippen molar-refractivity contribution in [2.45, 2.75) is 78.6 Å². The van der Waals surface area contributed by atoms with Gasteiger partial charge in [0.2, 0.25) is 11.8 Å². The lowest BCUT2D eigenvalue weighted by molar-refractivity contribution is -0.157. The molecule has 226 valence electrons. The van der Waals surface area contributed by atoms with Crippen LogP contribution in [0.15, 0.2) is 24.4 Å². The number of hydrogen-bond donors (Lipinski definition) is 2. The Hall–Kier alpha value is -3.44. The summed E-state index contributed by atoms with van der Waals surface area (Å²) >= 11 is 0. The van der Waals surface area contributed by atoms with Crippen LogP contribution in [0.3, 0.4) is 0 Å². The summed E-state index contributed by atoms with van der Waals surface area (Å²) in [7, 11) is 1.04. The molecule has 8 nitrogen and oxygen atoms in total. The summed E-state index contributed by atoms with van der Waals surface area (Å²) in [6.07, 6.45) is 0.412. The van der Waals surface area contributed by atoms with E-state index in [0.29, 0.717) is 34.5 Å². The monoisotopic (exact) mass is 581 g/mol. The fourth-order valence-corrected chi connectivity index (χ4v) is 5.10. The number of benzene rings is 1. The highest BCUT2D eigenvalue weighted by molar-refractivity contribution is 6.01. The summed E-state index contributed by atoms with van der Waals surface area (Å²) in [4.78, 5) is 39.5. The van der Waals surface area contributed by atoms with Crippen LogP contribution < -0.4 is 10.6 Å². The maximum absolute atomic E-state index is 15.1. The van der Waals surface area contributed by atoms with Crippen molar-refractivity contribution in [1.29, 1.82) is 0 Å². The fourth-order valence-electron chi connectivity index (χ4n) is 5.10. The van der Waals surface area contributed by atoms with Gasteiger partial charge in [0.25, 0.3) is 5.91 Å². The number of hydrogen-bond acceptors (Lipinski definition) is 4. The molecule has 1 heterocycles. The minimum absolute atomic E-state index is 0.0721.